The summed E-state index contributed by atoms with van der Waals surface area (Å²) in [6, 6.07) is 7.03. The van der Waals surface area contributed by atoms with E-state index in [-0.39, 0.29) is 18.1 Å². The zero-order chi connectivity index (χ0) is 15.0. The minimum Gasteiger partial charge on any atom is -0.480 e. The maximum atomic E-state index is 11.6. The van der Waals surface area contributed by atoms with Crippen LogP contribution in [0, 0.1) is 19.3 Å². The summed E-state index contributed by atoms with van der Waals surface area (Å²) in [4.78, 5) is 22.5. The highest BCUT2D eigenvalue weighted by Gasteiger charge is 2.18. The van der Waals surface area contributed by atoms with E-state index in [1.165, 1.54) is 17.3 Å². The van der Waals surface area contributed by atoms with Crippen LogP contribution in [0.5, 0.6) is 0 Å². The van der Waals surface area contributed by atoms with Crippen LogP contribution in [0.25, 0.3) is 0 Å². The van der Waals surface area contributed by atoms with E-state index in [1.807, 2.05) is 25.1 Å². The average molecular weight is 291 g/mol. The van der Waals surface area contributed by atoms with E-state index in [9.17, 15) is 9.59 Å². The van der Waals surface area contributed by atoms with E-state index < -0.39 is 12.0 Å². The molecule has 0 heterocycles. The van der Waals surface area contributed by atoms with Gasteiger partial charge in [0.05, 0.1) is 5.75 Å². The van der Waals surface area contributed by atoms with Crippen LogP contribution >= 0.6 is 11.8 Å². The fourth-order valence-corrected chi connectivity index (χ4v) is 2.40. The van der Waals surface area contributed by atoms with Crippen molar-refractivity contribution in [2.75, 3.05) is 5.75 Å². The van der Waals surface area contributed by atoms with Crippen molar-refractivity contribution in [3.05, 3.63) is 35.4 Å². The Balaban J connectivity index is 2.36. The van der Waals surface area contributed by atoms with E-state index in [1.54, 1.807) is 0 Å². The van der Waals surface area contributed by atoms with Crippen LogP contribution in [0.3, 0.4) is 0 Å². The number of carboxylic acid groups (broad SMARTS) is 1. The predicted octanol–water partition coefficient (Wildman–Crippen LogP) is 1.82. The van der Waals surface area contributed by atoms with E-state index >= 15 is 0 Å². The summed E-state index contributed by atoms with van der Waals surface area (Å²) < 4.78 is 0. The van der Waals surface area contributed by atoms with Gasteiger partial charge >= 0.3 is 5.97 Å². The molecule has 20 heavy (non-hydrogen) atoms. The van der Waals surface area contributed by atoms with Crippen LogP contribution in [0.4, 0.5) is 0 Å². The van der Waals surface area contributed by atoms with Crippen LogP contribution in [-0.4, -0.2) is 28.8 Å². The second kappa shape index (κ2) is 8.28. The maximum Gasteiger partial charge on any atom is 0.327 e. The molecule has 0 saturated heterocycles. The summed E-state index contributed by atoms with van der Waals surface area (Å²) in [5.41, 5.74) is 2.31. The van der Waals surface area contributed by atoms with E-state index in [0.29, 0.717) is 5.75 Å². The summed E-state index contributed by atoms with van der Waals surface area (Å²) >= 11 is 1.44. The number of rotatable bonds is 7. The third-order valence-electron chi connectivity index (χ3n) is 2.54. The Morgan fingerprint density at radius 1 is 1.50 bits per heavy atom. The Bertz CT molecular complexity index is 522. The number of hydrogen-bond acceptors (Lipinski definition) is 3. The molecule has 0 aliphatic heterocycles. The number of benzene rings is 1. The van der Waals surface area contributed by atoms with Gasteiger partial charge in [0.25, 0.3) is 0 Å². The van der Waals surface area contributed by atoms with Crippen molar-refractivity contribution in [1.29, 1.82) is 0 Å². The van der Waals surface area contributed by atoms with Gasteiger partial charge < -0.3 is 10.4 Å². The molecular weight excluding hydrogens is 274 g/mol. The normalized spacial score (nSPS) is 11.4. The lowest BCUT2D eigenvalue weighted by Gasteiger charge is -2.11. The summed E-state index contributed by atoms with van der Waals surface area (Å²) in [6.07, 6.45) is 5.05. The first-order valence-corrected chi connectivity index (χ1v) is 7.27. The predicted molar refractivity (Wildman–Crippen MR) is 80.4 cm³/mol. The van der Waals surface area contributed by atoms with Gasteiger partial charge in [-0.05, 0) is 12.5 Å². The molecule has 2 N–H and O–H groups in total. The lowest BCUT2D eigenvalue weighted by Crippen LogP contribution is -2.41. The molecule has 1 aromatic carbocycles. The van der Waals surface area contributed by atoms with Crippen molar-refractivity contribution < 1.29 is 14.7 Å². The second-order valence-electron chi connectivity index (χ2n) is 4.35. The number of carbonyl (C=O) groups excluding carboxylic acids is 1. The molecule has 0 fully saturated rings. The monoisotopic (exact) mass is 291 g/mol. The van der Waals surface area contributed by atoms with Crippen molar-refractivity contribution in [2.45, 2.75) is 25.1 Å². The Morgan fingerprint density at radius 2 is 2.25 bits per heavy atom. The second-order valence-corrected chi connectivity index (χ2v) is 5.33. The number of amides is 1. The minimum absolute atomic E-state index is 0.0103. The molecule has 0 aliphatic rings. The molecular formula is C15H17NO3S. The fourth-order valence-electron chi connectivity index (χ4n) is 1.62. The highest BCUT2D eigenvalue weighted by atomic mass is 32.2. The van der Waals surface area contributed by atoms with Gasteiger partial charge in [-0.15, -0.1) is 24.1 Å². The third-order valence-corrected chi connectivity index (χ3v) is 3.54. The number of hydrogen-bond donors (Lipinski definition) is 2. The molecule has 0 aromatic heterocycles. The Labute approximate surface area is 123 Å². The van der Waals surface area contributed by atoms with Crippen LogP contribution in [0.15, 0.2) is 24.3 Å². The smallest absolute Gasteiger partial charge is 0.327 e. The van der Waals surface area contributed by atoms with Crippen molar-refractivity contribution in [3.8, 4) is 12.3 Å². The van der Waals surface area contributed by atoms with Gasteiger partial charge in [-0.3, -0.25) is 4.79 Å². The molecule has 0 bridgehead atoms. The summed E-state index contributed by atoms with van der Waals surface area (Å²) in [6.45, 7) is 2.01. The molecule has 1 aromatic rings. The van der Waals surface area contributed by atoms with Crippen LogP contribution < -0.4 is 5.32 Å². The minimum atomic E-state index is -1.11. The first-order valence-electron chi connectivity index (χ1n) is 6.12. The lowest BCUT2D eigenvalue weighted by molar-refractivity contribution is -0.141. The van der Waals surface area contributed by atoms with Crippen molar-refractivity contribution >= 4 is 23.6 Å². The van der Waals surface area contributed by atoms with Crippen molar-refractivity contribution in [1.82, 2.24) is 5.32 Å². The zero-order valence-electron chi connectivity index (χ0n) is 11.3. The van der Waals surface area contributed by atoms with Crippen LogP contribution in [-0.2, 0) is 15.3 Å². The van der Waals surface area contributed by atoms with Crippen LogP contribution in [0.2, 0.25) is 0 Å². The SMILES string of the molecule is C#CCC(NC(=O)CSCc1cccc(C)c1)C(=O)O. The topological polar surface area (TPSA) is 66.4 Å². The molecule has 1 atom stereocenters. The maximum absolute atomic E-state index is 11.6. The van der Waals surface area contributed by atoms with Gasteiger partial charge in [-0.1, -0.05) is 29.8 Å². The molecule has 0 radical (unpaired) electrons. The number of carbonyl (C=O) groups is 2. The molecule has 1 unspecified atom stereocenters. The lowest BCUT2D eigenvalue weighted by atomic mass is 10.2. The molecule has 1 amide bonds. The van der Waals surface area contributed by atoms with E-state index in [4.69, 9.17) is 11.5 Å². The fraction of sp³-hybridized carbons (Fsp3) is 0.333. The average Bonchev–Trinajstić information content (AvgIpc) is 2.38. The van der Waals surface area contributed by atoms with Gasteiger partial charge in [-0.2, -0.15) is 0 Å². The standard InChI is InChI=1S/C15H17NO3S/c1-3-5-13(15(18)19)16-14(17)10-20-9-12-7-4-6-11(2)8-12/h1,4,6-8,13H,5,9-10H2,2H3,(H,16,17)(H,18,19). The molecule has 0 saturated carbocycles. The highest BCUT2D eigenvalue weighted by Crippen LogP contribution is 2.13. The molecule has 0 spiro atoms. The van der Waals surface area contributed by atoms with Crippen molar-refractivity contribution in [3.63, 3.8) is 0 Å². The Morgan fingerprint density at radius 3 is 2.85 bits per heavy atom. The first kappa shape index (κ1) is 16.1. The summed E-state index contributed by atoms with van der Waals surface area (Å²) in [5, 5.41) is 11.3. The molecule has 0 aliphatic carbocycles. The summed E-state index contributed by atoms with van der Waals surface area (Å²) in [5.74, 6) is 1.74. The Kier molecular flexibility index (Phi) is 6.68. The number of nitrogens with one attached hydrogen (secondary N) is 1. The van der Waals surface area contributed by atoms with E-state index in [0.717, 1.165) is 5.56 Å². The first-order chi connectivity index (χ1) is 9.52. The number of thioether (sulfide) groups is 1. The number of carboxylic acids is 1. The summed E-state index contributed by atoms with van der Waals surface area (Å²) in [7, 11) is 0. The molecule has 5 heteroatoms. The largest absolute Gasteiger partial charge is 0.480 e. The zero-order valence-corrected chi connectivity index (χ0v) is 12.1. The number of terminal acetylenes is 1. The number of aliphatic carboxylic acids is 1. The quantitative estimate of drug-likeness (QED) is 0.752. The van der Waals surface area contributed by atoms with Crippen molar-refractivity contribution in [2.24, 2.45) is 0 Å². The Hall–Kier alpha value is -1.93. The van der Waals surface area contributed by atoms with Gasteiger partial charge in [0.15, 0.2) is 0 Å². The number of aryl methyl sites for hydroxylation is 1. The van der Waals surface area contributed by atoms with Gasteiger partial charge in [0.2, 0.25) is 5.91 Å². The van der Waals surface area contributed by atoms with Crippen LogP contribution in [0.1, 0.15) is 17.5 Å². The van der Waals surface area contributed by atoms with Gasteiger partial charge in [0.1, 0.15) is 6.04 Å². The highest BCUT2D eigenvalue weighted by molar-refractivity contribution is 7.99. The third kappa shape index (κ3) is 5.81. The molecule has 106 valence electrons. The molecule has 1 rings (SSSR count). The van der Waals surface area contributed by atoms with Gasteiger partial charge in [-0.25, -0.2) is 4.79 Å². The molecule has 4 nitrogen and oxygen atoms in total. The van der Waals surface area contributed by atoms with Gasteiger partial charge in [0, 0.05) is 12.2 Å². The van der Waals surface area contributed by atoms with E-state index in [2.05, 4.69) is 17.3 Å².